The Kier molecular flexibility index (Phi) is 4.33. The van der Waals surface area contributed by atoms with Crippen LogP contribution in [-0.2, 0) is 0 Å². The second-order valence-corrected chi connectivity index (χ2v) is 5.79. The second kappa shape index (κ2) is 5.62. The predicted molar refractivity (Wildman–Crippen MR) is 79.4 cm³/mol. The molecule has 0 aliphatic heterocycles. The first-order valence-corrected chi connectivity index (χ1v) is 6.93. The molecular weight excluding hydrogens is 335 g/mol. The molecule has 1 unspecified atom stereocenters. The van der Waals surface area contributed by atoms with Gasteiger partial charge in [0.1, 0.15) is 6.10 Å². The summed E-state index contributed by atoms with van der Waals surface area (Å²) in [5.41, 5.74) is 2.49. The number of hydrogen-bond acceptors (Lipinski definition) is 1. The van der Waals surface area contributed by atoms with Crippen LogP contribution in [0.15, 0.2) is 40.9 Å². The summed E-state index contributed by atoms with van der Waals surface area (Å²) in [4.78, 5) is 0. The van der Waals surface area contributed by atoms with Gasteiger partial charge in [-0.2, -0.15) is 0 Å². The summed E-state index contributed by atoms with van der Waals surface area (Å²) >= 11 is 15.5. The fraction of sp³-hybridized carbons (Fsp3) is 0.143. The van der Waals surface area contributed by atoms with Crippen molar-refractivity contribution in [3.05, 3.63) is 67.6 Å². The van der Waals surface area contributed by atoms with Gasteiger partial charge in [-0.15, -0.1) is 0 Å². The molecule has 0 aromatic heterocycles. The maximum atomic E-state index is 10.4. The zero-order chi connectivity index (χ0) is 13.3. The molecule has 2 rings (SSSR count). The van der Waals surface area contributed by atoms with Crippen LogP contribution in [0.3, 0.4) is 0 Å². The van der Waals surface area contributed by atoms with Crippen LogP contribution in [0.5, 0.6) is 0 Å². The van der Waals surface area contributed by atoms with Gasteiger partial charge in [-0.1, -0.05) is 51.3 Å². The van der Waals surface area contributed by atoms with Crippen molar-refractivity contribution >= 4 is 39.1 Å². The van der Waals surface area contributed by atoms with Gasteiger partial charge in [-0.25, -0.2) is 0 Å². The molecule has 0 heterocycles. The van der Waals surface area contributed by atoms with Gasteiger partial charge < -0.3 is 5.11 Å². The van der Waals surface area contributed by atoms with Gasteiger partial charge in [-0.3, -0.25) is 0 Å². The van der Waals surface area contributed by atoms with Crippen LogP contribution in [-0.4, -0.2) is 5.11 Å². The molecule has 18 heavy (non-hydrogen) atoms. The Morgan fingerprint density at radius 1 is 1.06 bits per heavy atom. The molecule has 0 fully saturated rings. The molecule has 0 amide bonds. The number of aliphatic hydroxyl groups is 1. The highest BCUT2D eigenvalue weighted by Crippen LogP contribution is 2.34. The van der Waals surface area contributed by atoms with Crippen molar-refractivity contribution in [1.82, 2.24) is 0 Å². The number of hydrogen-bond donors (Lipinski definition) is 1. The summed E-state index contributed by atoms with van der Waals surface area (Å²) in [7, 11) is 0. The molecule has 4 heteroatoms. The van der Waals surface area contributed by atoms with E-state index in [1.54, 1.807) is 18.2 Å². The molecule has 0 aliphatic rings. The van der Waals surface area contributed by atoms with Gasteiger partial charge in [0.2, 0.25) is 0 Å². The first-order valence-electron chi connectivity index (χ1n) is 5.38. The smallest absolute Gasteiger partial charge is 0.107 e. The molecule has 1 nitrogen and oxygen atoms in total. The normalized spacial score (nSPS) is 12.5. The molecule has 1 atom stereocenters. The third kappa shape index (κ3) is 2.89. The van der Waals surface area contributed by atoms with Gasteiger partial charge >= 0.3 is 0 Å². The lowest BCUT2D eigenvalue weighted by molar-refractivity contribution is 0.219. The van der Waals surface area contributed by atoms with E-state index in [1.807, 2.05) is 25.1 Å². The number of aryl methyl sites for hydroxylation is 1. The van der Waals surface area contributed by atoms with E-state index in [-0.39, 0.29) is 0 Å². The van der Waals surface area contributed by atoms with Crippen LogP contribution in [0.4, 0.5) is 0 Å². The predicted octanol–water partition coefficient (Wildman–Crippen LogP) is 5.15. The lowest BCUT2D eigenvalue weighted by Crippen LogP contribution is -2.01. The monoisotopic (exact) mass is 344 g/mol. The van der Waals surface area contributed by atoms with Crippen molar-refractivity contribution in [2.75, 3.05) is 0 Å². The minimum absolute atomic E-state index is 0.499. The molecule has 0 aliphatic carbocycles. The van der Waals surface area contributed by atoms with Crippen molar-refractivity contribution in [3.63, 3.8) is 0 Å². The highest BCUT2D eigenvalue weighted by atomic mass is 79.9. The average Bonchev–Trinajstić information content (AvgIpc) is 2.31. The number of benzene rings is 2. The van der Waals surface area contributed by atoms with Gasteiger partial charge in [0.25, 0.3) is 0 Å². The summed E-state index contributed by atoms with van der Waals surface area (Å²) in [5.74, 6) is 0. The zero-order valence-electron chi connectivity index (χ0n) is 9.62. The molecule has 0 saturated heterocycles. The highest BCUT2D eigenvalue weighted by Gasteiger charge is 2.17. The fourth-order valence-electron chi connectivity index (χ4n) is 1.75. The largest absolute Gasteiger partial charge is 0.384 e. The number of rotatable bonds is 2. The fourth-order valence-corrected chi connectivity index (χ4v) is 2.86. The van der Waals surface area contributed by atoms with Crippen molar-refractivity contribution in [2.24, 2.45) is 0 Å². The Labute approximate surface area is 124 Å². The minimum atomic E-state index is -0.800. The molecule has 94 valence electrons. The molecule has 0 saturated carbocycles. The van der Waals surface area contributed by atoms with Crippen molar-refractivity contribution < 1.29 is 5.11 Å². The highest BCUT2D eigenvalue weighted by molar-refractivity contribution is 9.10. The van der Waals surface area contributed by atoms with Crippen molar-refractivity contribution in [1.29, 1.82) is 0 Å². The van der Waals surface area contributed by atoms with E-state index in [1.165, 1.54) is 0 Å². The second-order valence-electron chi connectivity index (χ2n) is 4.09. The van der Waals surface area contributed by atoms with Crippen molar-refractivity contribution in [2.45, 2.75) is 13.0 Å². The molecule has 2 aromatic carbocycles. The third-order valence-corrected chi connectivity index (χ3v) is 3.97. The Balaban J connectivity index is 2.47. The van der Waals surface area contributed by atoms with E-state index >= 15 is 0 Å². The molecular formula is C14H11BrCl2O. The zero-order valence-corrected chi connectivity index (χ0v) is 12.7. The van der Waals surface area contributed by atoms with Crippen LogP contribution < -0.4 is 0 Å². The van der Waals surface area contributed by atoms with Gasteiger partial charge in [-0.05, 0) is 42.3 Å². The topological polar surface area (TPSA) is 20.2 Å². The first kappa shape index (κ1) is 13.9. The van der Waals surface area contributed by atoms with Gasteiger partial charge in [0.15, 0.2) is 0 Å². The van der Waals surface area contributed by atoms with E-state index < -0.39 is 6.10 Å². The Morgan fingerprint density at radius 3 is 2.44 bits per heavy atom. The lowest BCUT2D eigenvalue weighted by Gasteiger charge is -2.15. The van der Waals surface area contributed by atoms with Crippen LogP contribution >= 0.6 is 39.1 Å². The van der Waals surface area contributed by atoms with Gasteiger partial charge in [0.05, 0.1) is 0 Å². The quantitative estimate of drug-likeness (QED) is 0.798. The Hall–Kier alpha value is -0.540. The minimum Gasteiger partial charge on any atom is -0.384 e. The summed E-state index contributed by atoms with van der Waals surface area (Å²) in [5, 5.41) is 11.4. The summed E-state index contributed by atoms with van der Waals surface area (Å²) in [6.45, 7) is 1.99. The van der Waals surface area contributed by atoms with Crippen LogP contribution in [0.2, 0.25) is 10.0 Å². The maximum Gasteiger partial charge on any atom is 0.107 e. The van der Waals surface area contributed by atoms with E-state index in [4.69, 9.17) is 23.2 Å². The molecule has 0 spiro atoms. The van der Waals surface area contributed by atoms with Crippen LogP contribution in [0.1, 0.15) is 22.8 Å². The summed E-state index contributed by atoms with van der Waals surface area (Å²) < 4.78 is 0.853. The number of halogens is 3. The summed E-state index contributed by atoms with van der Waals surface area (Å²) in [6.07, 6.45) is -0.800. The summed E-state index contributed by atoms with van der Waals surface area (Å²) in [6, 6.07) is 10.8. The average molecular weight is 346 g/mol. The molecule has 1 N–H and O–H groups in total. The van der Waals surface area contributed by atoms with E-state index in [2.05, 4.69) is 15.9 Å². The third-order valence-electron chi connectivity index (χ3n) is 2.70. The first-order chi connectivity index (χ1) is 8.49. The standard InChI is InChI=1S/C14H11BrCl2O/c1-8-2-4-10(12(15)6-8)14(18)11-7-9(16)3-5-13(11)17/h2-7,14,18H,1H3. The molecule has 0 bridgehead atoms. The van der Waals surface area contributed by atoms with Crippen molar-refractivity contribution in [3.8, 4) is 0 Å². The Morgan fingerprint density at radius 2 is 1.78 bits per heavy atom. The van der Waals surface area contributed by atoms with E-state index in [0.717, 1.165) is 15.6 Å². The Bertz CT molecular complexity index is 584. The van der Waals surface area contributed by atoms with E-state index in [0.29, 0.717) is 15.6 Å². The van der Waals surface area contributed by atoms with E-state index in [9.17, 15) is 5.11 Å². The SMILES string of the molecule is Cc1ccc(C(O)c2cc(Cl)ccc2Cl)c(Br)c1. The van der Waals surface area contributed by atoms with Crippen LogP contribution in [0.25, 0.3) is 0 Å². The van der Waals surface area contributed by atoms with Crippen LogP contribution in [0, 0.1) is 6.92 Å². The lowest BCUT2D eigenvalue weighted by atomic mass is 10.0. The van der Waals surface area contributed by atoms with Gasteiger partial charge in [0, 0.05) is 20.1 Å². The number of aliphatic hydroxyl groups excluding tert-OH is 1. The molecule has 2 aromatic rings. The maximum absolute atomic E-state index is 10.4. The molecule has 0 radical (unpaired) electrons.